The molecule has 1 amide bonds. The lowest BCUT2D eigenvalue weighted by molar-refractivity contribution is -0.140. The Bertz CT molecular complexity index is 475. The van der Waals surface area contributed by atoms with E-state index in [0.29, 0.717) is 6.42 Å². The van der Waals surface area contributed by atoms with E-state index in [0.717, 1.165) is 23.1 Å². The molecule has 0 saturated heterocycles. The van der Waals surface area contributed by atoms with Crippen LogP contribution in [0.5, 0.6) is 0 Å². The molecule has 0 bridgehead atoms. The first-order chi connectivity index (χ1) is 9.70. The number of hydrogen-bond acceptors (Lipinski definition) is 4. The van der Waals surface area contributed by atoms with Gasteiger partial charge in [0.25, 0.3) is 0 Å². The molecule has 0 spiro atoms. The third-order valence-electron chi connectivity index (χ3n) is 3.39. The summed E-state index contributed by atoms with van der Waals surface area (Å²) < 4.78 is 37.6. The Kier molecular flexibility index (Phi) is 6.15. The normalized spacial score (nSPS) is 16.3. The number of nitrogens with two attached hydrogens (primary N) is 1. The summed E-state index contributed by atoms with van der Waals surface area (Å²) in [7, 11) is 0. The number of thiazole rings is 1. The minimum absolute atomic E-state index is 0.00420. The molecule has 0 saturated carbocycles. The smallest absolute Gasteiger partial charge is 0.346 e. The average molecular weight is 323 g/mol. The van der Waals surface area contributed by atoms with E-state index >= 15 is 0 Å². The molecule has 3 atom stereocenters. The van der Waals surface area contributed by atoms with Crippen molar-refractivity contribution >= 4 is 17.2 Å². The summed E-state index contributed by atoms with van der Waals surface area (Å²) in [4.78, 5) is 15.6. The predicted octanol–water partition coefficient (Wildman–Crippen LogP) is 3.10. The van der Waals surface area contributed by atoms with Gasteiger partial charge >= 0.3 is 6.18 Å². The quantitative estimate of drug-likeness (QED) is 0.845. The highest BCUT2D eigenvalue weighted by Gasteiger charge is 2.34. The van der Waals surface area contributed by atoms with Crippen molar-refractivity contribution in [3.8, 4) is 0 Å². The molecule has 0 aliphatic carbocycles. The van der Waals surface area contributed by atoms with Crippen LogP contribution in [0.25, 0.3) is 0 Å². The largest absolute Gasteiger partial charge is 0.434 e. The van der Waals surface area contributed by atoms with E-state index in [2.05, 4.69) is 10.3 Å². The van der Waals surface area contributed by atoms with Crippen LogP contribution in [0.15, 0.2) is 5.38 Å². The highest BCUT2D eigenvalue weighted by molar-refractivity contribution is 7.09. The second-order valence-electron chi connectivity index (χ2n) is 4.95. The molecule has 1 rings (SSSR count). The van der Waals surface area contributed by atoms with Gasteiger partial charge in [0.05, 0.1) is 12.1 Å². The molecule has 1 heterocycles. The molecule has 0 aliphatic heterocycles. The highest BCUT2D eigenvalue weighted by Crippen LogP contribution is 2.32. The summed E-state index contributed by atoms with van der Waals surface area (Å²) in [5, 5.41) is 3.88. The zero-order valence-electron chi connectivity index (χ0n) is 12.2. The Balaban J connectivity index is 2.80. The fourth-order valence-electron chi connectivity index (χ4n) is 1.70. The molecule has 120 valence electrons. The Labute approximate surface area is 125 Å². The van der Waals surface area contributed by atoms with Gasteiger partial charge in [0.15, 0.2) is 5.69 Å². The van der Waals surface area contributed by atoms with Gasteiger partial charge in [0.1, 0.15) is 5.01 Å². The van der Waals surface area contributed by atoms with Crippen LogP contribution in [0.4, 0.5) is 13.2 Å². The van der Waals surface area contributed by atoms with Gasteiger partial charge in [-0.3, -0.25) is 4.79 Å². The molecule has 3 unspecified atom stereocenters. The fraction of sp³-hybridized carbons (Fsp3) is 0.692. The van der Waals surface area contributed by atoms with Crippen LogP contribution in [0.3, 0.4) is 0 Å². The van der Waals surface area contributed by atoms with Gasteiger partial charge in [0, 0.05) is 5.38 Å². The first kappa shape index (κ1) is 17.9. The second kappa shape index (κ2) is 7.22. The third kappa shape index (κ3) is 4.67. The number of halogens is 3. The summed E-state index contributed by atoms with van der Waals surface area (Å²) in [6.07, 6.45) is -3.27. The van der Waals surface area contributed by atoms with Crippen molar-refractivity contribution in [2.24, 2.45) is 11.7 Å². The number of carbonyl (C=O) groups excluding carboxylic acids is 1. The number of aromatic nitrogens is 1. The zero-order valence-corrected chi connectivity index (χ0v) is 13.0. The van der Waals surface area contributed by atoms with Gasteiger partial charge in [-0.15, -0.1) is 11.3 Å². The van der Waals surface area contributed by atoms with Crippen molar-refractivity contribution in [1.82, 2.24) is 10.3 Å². The molecular weight excluding hydrogens is 303 g/mol. The van der Waals surface area contributed by atoms with Crippen LogP contribution in [0.1, 0.15) is 50.4 Å². The Hall–Kier alpha value is -1.15. The van der Waals surface area contributed by atoms with Crippen molar-refractivity contribution in [3.05, 3.63) is 16.1 Å². The number of alkyl halides is 3. The van der Waals surface area contributed by atoms with Crippen LogP contribution < -0.4 is 11.1 Å². The number of hydrogen-bond donors (Lipinski definition) is 2. The van der Waals surface area contributed by atoms with Crippen LogP contribution in [0.2, 0.25) is 0 Å². The summed E-state index contributed by atoms with van der Waals surface area (Å²) in [5.41, 5.74) is 4.89. The van der Waals surface area contributed by atoms with Crippen LogP contribution in [0, 0.1) is 5.92 Å². The van der Waals surface area contributed by atoms with Gasteiger partial charge in [0.2, 0.25) is 5.91 Å². The summed E-state index contributed by atoms with van der Waals surface area (Å²) in [6, 6.07) is -1.22. The molecular formula is C13H20F3N3OS. The maximum atomic E-state index is 12.5. The maximum Gasteiger partial charge on any atom is 0.434 e. The molecule has 1 aromatic rings. The highest BCUT2D eigenvalue weighted by atomic mass is 32.1. The summed E-state index contributed by atoms with van der Waals surface area (Å²) in [6.45, 7) is 5.55. The number of nitrogens with zero attached hydrogens (tertiary/aromatic N) is 1. The Morgan fingerprint density at radius 3 is 2.48 bits per heavy atom. The van der Waals surface area contributed by atoms with Crippen LogP contribution in [-0.4, -0.2) is 16.9 Å². The third-order valence-corrected chi connectivity index (χ3v) is 4.35. The van der Waals surface area contributed by atoms with Gasteiger partial charge in [-0.2, -0.15) is 13.2 Å². The van der Waals surface area contributed by atoms with Crippen molar-refractivity contribution in [2.45, 2.75) is 51.9 Å². The Morgan fingerprint density at radius 2 is 2.05 bits per heavy atom. The molecule has 3 N–H and O–H groups in total. The molecule has 8 heteroatoms. The van der Waals surface area contributed by atoms with Crippen molar-refractivity contribution in [3.63, 3.8) is 0 Å². The van der Waals surface area contributed by atoms with Gasteiger partial charge in [-0.1, -0.05) is 27.2 Å². The molecule has 21 heavy (non-hydrogen) atoms. The standard InChI is InChI=1S/C13H20F3N3OS/c1-4-7(3)10(17)11(20)18-8(5-2)12-19-9(6-21-12)13(14,15)16/h6-8,10H,4-5,17H2,1-3H3,(H,18,20). The SMILES string of the molecule is CCC(NC(=O)C(N)C(C)CC)c1nc(C(F)(F)F)cs1. The molecule has 0 aromatic carbocycles. The van der Waals surface area contributed by atoms with Crippen LogP contribution >= 0.6 is 11.3 Å². The van der Waals surface area contributed by atoms with Crippen molar-refractivity contribution in [2.75, 3.05) is 0 Å². The minimum atomic E-state index is -4.47. The Morgan fingerprint density at radius 1 is 1.43 bits per heavy atom. The number of amides is 1. The van der Waals surface area contributed by atoms with Gasteiger partial charge < -0.3 is 11.1 Å². The fourth-order valence-corrected chi connectivity index (χ4v) is 2.66. The van der Waals surface area contributed by atoms with Gasteiger partial charge in [-0.05, 0) is 12.3 Å². The molecule has 0 radical (unpaired) electrons. The second-order valence-corrected chi connectivity index (χ2v) is 5.84. The number of rotatable bonds is 6. The van der Waals surface area contributed by atoms with Crippen LogP contribution in [-0.2, 0) is 11.0 Å². The molecule has 4 nitrogen and oxygen atoms in total. The van der Waals surface area contributed by atoms with Crippen molar-refractivity contribution < 1.29 is 18.0 Å². The average Bonchev–Trinajstić information content (AvgIpc) is 2.92. The maximum absolute atomic E-state index is 12.5. The lowest BCUT2D eigenvalue weighted by Gasteiger charge is -2.21. The summed E-state index contributed by atoms with van der Waals surface area (Å²) in [5.74, 6) is -0.357. The molecule has 1 aromatic heterocycles. The summed E-state index contributed by atoms with van der Waals surface area (Å²) >= 11 is 0.890. The topological polar surface area (TPSA) is 68.0 Å². The van der Waals surface area contributed by atoms with Gasteiger partial charge in [-0.25, -0.2) is 4.98 Å². The first-order valence-corrected chi connectivity index (χ1v) is 7.67. The minimum Gasteiger partial charge on any atom is -0.346 e. The van der Waals surface area contributed by atoms with Crippen molar-refractivity contribution in [1.29, 1.82) is 0 Å². The zero-order chi connectivity index (χ0) is 16.2. The lowest BCUT2D eigenvalue weighted by atomic mass is 9.99. The predicted molar refractivity (Wildman–Crippen MR) is 75.7 cm³/mol. The van der Waals surface area contributed by atoms with E-state index in [1.807, 2.05) is 13.8 Å². The molecule has 0 fully saturated rings. The van der Waals surface area contributed by atoms with E-state index in [4.69, 9.17) is 5.73 Å². The number of nitrogens with one attached hydrogen (secondary N) is 1. The monoisotopic (exact) mass is 323 g/mol. The van der Waals surface area contributed by atoms with E-state index in [-0.39, 0.29) is 16.8 Å². The first-order valence-electron chi connectivity index (χ1n) is 6.79. The molecule has 0 aliphatic rings. The lowest BCUT2D eigenvalue weighted by Crippen LogP contribution is -2.45. The van der Waals surface area contributed by atoms with E-state index in [1.54, 1.807) is 6.92 Å². The van der Waals surface area contributed by atoms with E-state index in [9.17, 15) is 18.0 Å². The van der Waals surface area contributed by atoms with E-state index < -0.39 is 24.0 Å². The number of carbonyl (C=O) groups is 1. The van der Waals surface area contributed by atoms with E-state index in [1.165, 1.54) is 0 Å².